The number of nitrogens with one attached hydrogen (secondary N) is 2. The standard InChI is InChI=1S/C6H11N5O.ClH/c1-11(2)5(7)4-6(12-3)9-10-8-4;/h7H,1-3H3,(H,8,9,10);1H. The summed E-state index contributed by atoms with van der Waals surface area (Å²) in [6, 6.07) is 0. The van der Waals surface area contributed by atoms with Gasteiger partial charge in [-0.25, -0.2) is 0 Å². The fourth-order valence-electron chi connectivity index (χ4n) is 0.730. The lowest BCUT2D eigenvalue weighted by atomic mass is 10.4. The Morgan fingerprint density at radius 1 is 1.46 bits per heavy atom. The van der Waals surface area contributed by atoms with E-state index in [1.807, 2.05) is 0 Å². The minimum atomic E-state index is 0. The van der Waals surface area contributed by atoms with Gasteiger partial charge < -0.3 is 9.64 Å². The summed E-state index contributed by atoms with van der Waals surface area (Å²) in [6.45, 7) is 0. The van der Waals surface area contributed by atoms with E-state index in [1.165, 1.54) is 7.11 Å². The molecule has 0 amide bonds. The van der Waals surface area contributed by atoms with E-state index in [2.05, 4.69) is 15.4 Å². The van der Waals surface area contributed by atoms with E-state index in [9.17, 15) is 0 Å². The van der Waals surface area contributed by atoms with Gasteiger partial charge in [0.2, 0.25) is 0 Å². The van der Waals surface area contributed by atoms with Crippen molar-refractivity contribution < 1.29 is 4.74 Å². The normalized spacial score (nSPS) is 8.85. The van der Waals surface area contributed by atoms with Gasteiger partial charge in [0.05, 0.1) is 7.11 Å². The topological polar surface area (TPSA) is 77.9 Å². The van der Waals surface area contributed by atoms with E-state index < -0.39 is 0 Å². The Kier molecular flexibility index (Phi) is 4.19. The molecule has 0 atom stereocenters. The second-order valence-electron chi connectivity index (χ2n) is 2.42. The number of H-pyrrole nitrogens is 1. The molecule has 1 heterocycles. The number of ether oxygens (including phenoxy) is 1. The van der Waals surface area contributed by atoms with Gasteiger partial charge in [0, 0.05) is 14.1 Å². The van der Waals surface area contributed by atoms with Crippen LogP contribution in [0.25, 0.3) is 0 Å². The van der Waals surface area contributed by atoms with Gasteiger partial charge in [-0.05, 0) is 0 Å². The molecule has 0 fully saturated rings. The molecule has 6 nitrogen and oxygen atoms in total. The summed E-state index contributed by atoms with van der Waals surface area (Å²) >= 11 is 0. The van der Waals surface area contributed by atoms with Crippen molar-refractivity contribution in [3.8, 4) is 5.88 Å². The van der Waals surface area contributed by atoms with Crippen molar-refractivity contribution in [2.45, 2.75) is 0 Å². The minimum absolute atomic E-state index is 0. The lowest BCUT2D eigenvalue weighted by Crippen LogP contribution is -2.22. The Balaban J connectivity index is 0.00000144. The third-order valence-corrected chi connectivity index (χ3v) is 1.38. The number of hydrogen-bond acceptors (Lipinski definition) is 4. The minimum Gasteiger partial charge on any atom is -0.478 e. The highest BCUT2D eigenvalue weighted by atomic mass is 35.5. The molecule has 0 bridgehead atoms. The molecular formula is C6H12ClN5O. The van der Waals surface area contributed by atoms with Crippen molar-refractivity contribution in [1.82, 2.24) is 20.3 Å². The monoisotopic (exact) mass is 205 g/mol. The SMILES string of the molecule is COc1n[nH]nc1C(=N)N(C)C.Cl. The number of nitrogens with zero attached hydrogens (tertiary/aromatic N) is 3. The van der Waals surface area contributed by atoms with Crippen LogP contribution >= 0.6 is 12.4 Å². The number of methoxy groups -OCH3 is 1. The van der Waals surface area contributed by atoms with E-state index >= 15 is 0 Å². The van der Waals surface area contributed by atoms with Crippen LogP contribution in [0.15, 0.2) is 0 Å². The molecule has 13 heavy (non-hydrogen) atoms. The summed E-state index contributed by atoms with van der Waals surface area (Å²) in [4.78, 5) is 1.63. The number of rotatable bonds is 2. The summed E-state index contributed by atoms with van der Waals surface area (Å²) in [7, 11) is 5.01. The molecule has 1 rings (SSSR count). The first-order valence-electron chi connectivity index (χ1n) is 3.37. The van der Waals surface area contributed by atoms with Crippen LogP contribution in [0.5, 0.6) is 5.88 Å². The zero-order valence-corrected chi connectivity index (χ0v) is 8.47. The number of hydrogen-bond donors (Lipinski definition) is 2. The van der Waals surface area contributed by atoms with Crippen LogP contribution in [0.2, 0.25) is 0 Å². The molecule has 2 N–H and O–H groups in total. The summed E-state index contributed by atoms with van der Waals surface area (Å²) in [5.74, 6) is 0.606. The fourth-order valence-corrected chi connectivity index (χ4v) is 0.730. The first-order valence-corrected chi connectivity index (χ1v) is 3.37. The van der Waals surface area contributed by atoms with Gasteiger partial charge in [0.15, 0.2) is 11.5 Å². The Hall–Kier alpha value is -1.30. The quantitative estimate of drug-likeness (QED) is 0.531. The Bertz CT molecular complexity index is 284. The fraction of sp³-hybridized carbons (Fsp3) is 0.500. The van der Waals surface area contributed by atoms with Gasteiger partial charge >= 0.3 is 0 Å². The molecule has 74 valence electrons. The van der Waals surface area contributed by atoms with E-state index in [0.29, 0.717) is 11.6 Å². The number of aromatic nitrogens is 3. The Morgan fingerprint density at radius 2 is 2.08 bits per heavy atom. The van der Waals surface area contributed by atoms with Gasteiger partial charge in [-0.2, -0.15) is 5.21 Å². The molecule has 0 aliphatic heterocycles. The second-order valence-corrected chi connectivity index (χ2v) is 2.42. The highest BCUT2D eigenvalue weighted by molar-refractivity contribution is 5.95. The molecule has 0 saturated carbocycles. The summed E-state index contributed by atoms with van der Waals surface area (Å²) in [5, 5.41) is 17.5. The third kappa shape index (κ3) is 2.32. The van der Waals surface area contributed by atoms with Crippen molar-refractivity contribution >= 4 is 18.2 Å². The van der Waals surface area contributed by atoms with E-state index in [4.69, 9.17) is 10.1 Å². The van der Waals surface area contributed by atoms with E-state index in [0.717, 1.165) is 0 Å². The summed E-state index contributed by atoms with van der Waals surface area (Å²) in [6.07, 6.45) is 0. The molecule has 0 spiro atoms. The van der Waals surface area contributed by atoms with Crippen molar-refractivity contribution in [3.05, 3.63) is 5.69 Å². The Labute approximate surface area is 82.2 Å². The average Bonchev–Trinajstić information content (AvgIpc) is 2.49. The van der Waals surface area contributed by atoms with E-state index in [-0.39, 0.29) is 18.2 Å². The molecule has 7 heteroatoms. The summed E-state index contributed by atoms with van der Waals surface area (Å²) < 4.78 is 4.88. The lowest BCUT2D eigenvalue weighted by Gasteiger charge is -2.10. The number of halogens is 1. The molecule has 0 aromatic carbocycles. The summed E-state index contributed by atoms with van der Waals surface area (Å²) in [5.41, 5.74) is 0.419. The molecule has 0 saturated heterocycles. The molecule has 0 unspecified atom stereocenters. The van der Waals surface area contributed by atoms with Crippen molar-refractivity contribution in [2.75, 3.05) is 21.2 Å². The largest absolute Gasteiger partial charge is 0.478 e. The van der Waals surface area contributed by atoms with Crippen LogP contribution in [0, 0.1) is 5.41 Å². The molecular weight excluding hydrogens is 194 g/mol. The van der Waals surface area contributed by atoms with Crippen LogP contribution in [0.3, 0.4) is 0 Å². The van der Waals surface area contributed by atoms with E-state index in [1.54, 1.807) is 19.0 Å². The van der Waals surface area contributed by atoms with Crippen LogP contribution in [-0.4, -0.2) is 47.4 Å². The first-order chi connectivity index (χ1) is 5.66. The lowest BCUT2D eigenvalue weighted by molar-refractivity contribution is 0.395. The predicted molar refractivity (Wildman–Crippen MR) is 50.7 cm³/mol. The predicted octanol–water partition coefficient (Wildman–Crippen LogP) is 0.122. The highest BCUT2D eigenvalue weighted by Crippen LogP contribution is 2.10. The molecule has 0 radical (unpaired) electrons. The highest BCUT2D eigenvalue weighted by Gasteiger charge is 2.14. The first kappa shape index (κ1) is 11.7. The van der Waals surface area contributed by atoms with Gasteiger partial charge in [0.1, 0.15) is 0 Å². The van der Waals surface area contributed by atoms with Crippen molar-refractivity contribution in [2.24, 2.45) is 0 Å². The molecule has 0 aliphatic carbocycles. The van der Waals surface area contributed by atoms with Crippen LogP contribution in [0.4, 0.5) is 0 Å². The average molecular weight is 206 g/mol. The zero-order valence-electron chi connectivity index (χ0n) is 7.66. The molecule has 1 aromatic rings. The maximum Gasteiger partial charge on any atom is 0.264 e. The number of amidine groups is 1. The van der Waals surface area contributed by atoms with Crippen molar-refractivity contribution in [3.63, 3.8) is 0 Å². The van der Waals surface area contributed by atoms with Gasteiger partial charge in [0.25, 0.3) is 5.88 Å². The van der Waals surface area contributed by atoms with Gasteiger partial charge in [-0.15, -0.1) is 22.6 Å². The van der Waals surface area contributed by atoms with Gasteiger partial charge in [-0.1, -0.05) is 0 Å². The molecule has 1 aromatic heterocycles. The zero-order chi connectivity index (χ0) is 9.14. The van der Waals surface area contributed by atoms with Crippen LogP contribution < -0.4 is 4.74 Å². The smallest absolute Gasteiger partial charge is 0.264 e. The molecule has 0 aliphatic rings. The van der Waals surface area contributed by atoms with Gasteiger partial charge in [-0.3, -0.25) is 5.41 Å². The van der Waals surface area contributed by atoms with Crippen molar-refractivity contribution in [1.29, 1.82) is 5.41 Å². The van der Waals surface area contributed by atoms with Crippen LogP contribution in [0.1, 0.15) is 5.69 Å². The Morgan fingerprint density at radius 3 is 2.54 bits per heavy atom. The maximum atomic E-state index is 7.57. The number of aromatic amines is 1. The van der Waals surface area contributed by atoms with Crippen LogP contribution in [-0.2, 0) is 0 Å². The second kappa shape index (κ2) is 4.66. The third-order valence-electron chi connectivity index (χ3n) is 1.38. The maximum absolute atomic E-state index is 7.57.